The maximum atomic E-state index is 11.1. The maximum absolute atomic E-state index is 11.1. The van der Waals surface area contributed by atoms with Gasteiger partial charge in [-0.25, -0.2) is 9.78 Å². The molecule has 1 heterocycles. The lowest BCUT2D eigenvalue weighted by Gasteiger charge is -2.08. The van der Waals surface area contributed by atoms with Crippen LogP contribution in [0.5, 0.6) is 5.88 Å². The number of carbonyl (C=O) groups is 1. The fraction of sp³-hybridized carbons (Fsp3) is 0.158. The van der Waals surface area contributed by atoms with Crippen molar-refractivity contribution < 1.29 is 14.6 Å². The second-order valence-electron chi connectivity index (χ2n) is 4.64. The van der Waals surface area contributed by atoms with E-state index in [0.29, 0.717) is 5.88 Å². The molecule has 4 heteroatoms. The summed E-state index contributed by atoms with van der Waals surface area (Å²) in [6, 6.07) is 14.7. The molecule has 4 nitrogen and oxygen atoms in total. The van der Waals surface area contributed by atoms with Crippen LogP contribution >= 0.6 is 0 Å². The third-order valence-electron chi connectivity index (χ3n) is 3.39. The summed E-state index contributed by atoms with van der Waals surface area (Å²) in [7, 11) is 1.57. The molecule has 0 radical (unpaired) electrons. The summed E-state index contributed by atoms with van der Waals surface area (Å²) in [6.45, 7) is 4.00. The predicted molar refractivity (Wildman–Crippen MR) is 92.0 cm³/mol. The van der Waals surface area contributed by atoms with Gasteiger partial charge in [-0.2, -0.15) is 0 Å². The van der Waals surface area contributed by atoms with E-state index in [1.807, 2.05) is 44.2 Å². The van der Waals surface area contributed by atoms with Crippen molar-refractivity contribution in [3.05, 3.63) is 60.3 Å². The molecule has 0 saturated carbocycles. The molecule has 0 spiro atoms. The second kappa shape index (κ2) is 7.40. The van der Waals surface area contributed by atoms with E-state index in [2.05, 4.69) is 4.98 Å². The average molecular weight is 309 g/mol. The van der Waals surface area contributed by atoms with Gasteiger partial charge in [-0.05, 0) is 34.5 Å². The molecule has 0 atom stereocenters. The number of nitrogens with zero attached hydrogens (tertiary/aromatic N) is 1. The van der Waals surface area contributed by atoms with Crippen molar-refractivity contribution in [3.63, 3.8) is 0 Å². The van der Waals surface area contributed by atoms with Crippen LogP contribution in [0, 0.1) is 0 Å². The predicted octanol–water partition coefficient (Wildman–Crippen LogP) is 4.63. The van der Waals surface area contributed by atoms with Gasteiger partial charge in [0.25, 0.3) is 0 Å². The third kappa shape index (κ3) is 3.48. The average Bonchev–Trinajstić information content (AvgIpc) is 2.62. The molecule has 3 rings (SSSR count). The molecule has 0 bridgehead atoms. The van der Waals surface area contributed by atoms with Crippen molar-refractivity contribution in [3.8, 4) is 17.0 Å². The number of fused-ring (bicyclic) bond motifs is 1. The zero-order valence-electron chi connectivity index (χ0n) is 13.4. The van der Waals surface area contributed by atoms with Crippen LogP contribution in [0.4, 0.5) is 0 Å². The SMILES string of the molecule is CC.COc1ccc(-c2cccc3ccc(C(=O)O)cc23)cn1. The number of hydrogen-bond acceptors (Lipinski definition) is 3. The summed E-state index contributed by atoms with van der Waals surface area (Å²) in [5.74, 6) is -0.384. The number of carboxylic acids is 1. The molecule has 0 unspecified atom stereocenters. The van der Waals surface area contributed by atoms with Crippen LogP contribution in [0.3, 0.4) is 0 Å². The van der Waals surface area contributed by atoms with Crippen LogP contribution in [0.15, 0.2) is 54.7 Å². The van der Waals surface area contributed by atoms with E-state index in [9.17, 15) is 4.79 Å². The first kappa shape index (κ1) is 16.5. The fourth-order valence-corrected chi connectivity index (χ4v) is 2.32. The highest BCUT2D eigenvalue weighted by atomic mass is 16.5. The van der Waals surface area contributed by atoms with Crippen molar-refractivity contribution in [2.75, 3.05) is 7.11 Å². The number of carboxylic acid groups (broad SMARTS) is 1. The number of aromatic nitrogens is 1. The highest BCUT2D eigenvalue weighted by Crippen LogP contribution is 2.29. The monoisotopic (exact) mass is 309 g/mol. The molecule has 3 aromatic rings. The molecule has 1 N–H and O–H groups in total. The Morgan fingerprint density at radius 2 is 1.87 bits per heavy atom. The number of pyridine rings is 1. The smallest absolute Gasteiger partial charge is 0.335 e. The first-order valence-electron chi connectivity index (χ1n) is 7.45. The Labute approximate surface area is 135 Å². The standard InChI is InChI=1S/C17H13NO3.C2H6/c1-21-16-8-7-13(10-18-16)14-4-2-3-11-5-6-12(17(19)20)9-15(11)14;1-2/h2-10H,1H3,(H,19,20);1-2H3. The molecular formula is C19H19NO3. The van der Waals surface area contributed by atoms with E-state index in [1.165, 1.54) is 0 Å². The molecule has 0 aliphatic carbocycles. The Balaban J connectivity index is 0.000000924. The Bertz CT molecular complexity index is 810. The molecule has 1 aromatic heterocycles. The van der Waals surface area contributed by atoms with Gasteiger partial charge < -0.3 is 9.84 Å². The normalized spacial score (nSPS) is 9.87. The van der Waals surface area contributed by atoms with Gasteiger partial charge in [0.1, 0.15) is 0 Å². The Morgan fingerprint density at radius 3 is 2.48 bits per heavy atom. The summed E-state index contributed by atoms with van der Waals surface area (Å²) in [5, 5.41) is 11.0. The third-order valence-corrected chi connectivity index (χ3v) is 3.39. The highest BCUT2D eigenvalue weighted by Gasteiger charge is 2.08. The highest BCUT2D eigenvalue weighted by molar-refractivity contribution is 6.01. The van der Waals surface area contributed by atoms with Gasteiger partial charge in [-0.3, -0.25) is 0 Å². The first-order chi connectivity index (χ1) is 11.2. The van der Waals surface area contributed by atoms with Gasteiger partial charge in [-0.15, -0.1) is 0 Å². The lowest BCUT2D eigenvalue weighted by atomic mass is 9.98. The Morgan fingerprint density at radius 1 is 1.09 bits per heavy atom. The number of hydrogen-bond donors (Lipinski definition) is 1. The summed E-state index contributed by atoms with van der Waals surface area (Å²) in [6.07, 6.45) is 1.72. The van der Waals surface area contributed by atoms with Crippen LogP contribution in [0.25, 0.3) is 21.9 Å². The molecule has 23 heavy (non-hydrogen) atoms. The van der Waals surface area contributed by atoms with Gasteiger partial charge >= 0.3 is 5.97 Å². The van der Waals surface area contributed by atoms with Gasteiger partial charge in [0.2, 0.25) is 5.88 Å². The lowest BCUT2D eigenvalue weighted by molar-refractivity contribution is 0.0697. The summed E-state index contributed by atoms with van der Waals surface area (Å²) >= 11 is 0. The van der Waals surface area contributed by atoms with E-state index in [1.54, 1.807) is 31.5 Å². The van der Waals surface area contributed by atoms with Crippen molar-refractivity contribution in [1.82, 2.24) is 4.98 Å². The molecular weight excluding hydrogens is 290 g/mol. The minimum atomic E-state index is -0.931. The van der Waals surface area contributed by atoms with Crippen LogP contribution in [-0.2, 0) is 0 Å². The molecule has 0 saturated heterocycles. The molecule has 2 aromatic carbocycles. The molecule has 0 aliphatic rings. The van der Waals surface area contributed by atoms with E-state index in [4.69, 9.17) is 9.84 Å². The number of aromatic carboxylic acids is 1. The van der Waals surface area contributed by atoms with Crippen LogP contribution < -0.4 is 4.74 Å². The lowest BCUT2D eigenvalue weighted by Crippen LogP contribution is -1.96. The number of ether oxygens (including phenoxy) is 1. The molecule has 0 amide bonds. The van der Waals surface area contributed by atoms with Gasteiger partial charge in [0, 0.05) is 17.8 Å². The van der Waals surface area contributed by atoms with Crippen molar-refractivity contribution in [2.24, 2.45) is 0 Å². The minimum Gasteiger partial charge on any atom is -0.481 e. The van der Waals surface area contributed by atoms with E-state index < -0.39 is 5.97 Å². The van der Waals surface area contributed by atoms with E-state index in [0.717, 1.165) is 21.9 Å². The van der Waals surface area contributed by atoms with E-state index >= 15 is 0 Å². The summed E-state index contributed by atoms with van der Waals surface area (Å²) in [5.41, 5.74) is 2.14. The zero-order valence-corrected chi connectivity index (χ0v) is 13.4. The van der Waals surface area contributed by atoms with Gasteiger partial charge in [0.15, 0.2) is 0 Å². The number of benzene rings is 2. The number of rotatable bonds is 3. The summed E-state index contributed by atoms with van der Waals surface area (Å²) < 4.78 is 5.05. The van der Waals surface area contributed by atoms with Crippen molar-refractivity contribution in [2.45, 2.75) is 13.8 Å². The Kier molecular flexibility index (Phi) is 5.31. The molecule has 0 aliphatic heterocycles. The zero-order chi connectivity index (χ0) is 16.8. The van der Waals surface area contributed by atoms with Crippen LogP contribution in [0.1, 0.15) is 24.2 Å². The fourth-order valence-electron chi connectivity index (χ4n) is 2.32. The van der Waals surface area contributed by atoms with Crippen LogP contribution in [0.2, 0.25) is 0 Å². The second-order valence-corrected chi connectivity index (χ2v) is 4.64. The molecule has 0 fully saturated rings. The quantitative estimate of drug-likeness (QED) is 0.766. The van der Waals surface area contributed by atoms with Crippen molar-refractivity contribution in [1.29, 1.82) is 0 Å². The van der Waals surface area contributed by atoms with E-state index in [-0.39, 0.29) is 5.56 Å². The minimum absolute atomic E-state index is 0.274. The van der Waals surface area contributed by atoms with Gasteiger partial charge in [0.05, 0.1) is 12.7 Å². The number of methoxy groups -OCH3 is 1. The summed E-state index contributed by atoms with van der Waals surface area (Å²) in [4.78, 5) is 15.3. The van der Waals surface area contributed by atoms with Gasteiger partial charge in [-0.1, -0.05) is 38.1 Å². The Hall–Kier alpha value is -2.88. The largest absolute Gasteiger partial charge is 0.481 e. The maximum Gasteiger partial charge on any atom is 0.335 e. The first-order valence-corrected chi connectivity index (χ1v) is 7.45. The van der Waals surface area contributed by atoms with Crippen LogP contribution in [-0.4, -0.2) is 23.2 Å². The van der Waals surface area contributed by atoms with Crippen molar-refractivity contribution >= 4 is 16.7 Å². The molecule has 118 valence electrons. The topological polar surface area (TPSA) is 59.4 Å².